The highest BCUT2D eigenvalue weighted by molar-refractivity contribution is 7.99. The fraction of sp³-hybridized carbons (Fsp3) is 0.419. The zero-order chi connectivity index (χ0) is 27.1. The van der Waals surface area contributed by atoms with Gasteiger partial charge in [0.05, 0.1) is 23.2 Å². The topological polar surface area (TPSA) is 70.4 Å². The van der Waals surface area contributed by atoms with Crippen LogP contribution >= 0.6 is 23.4 Å². The predicted octanol–water partition coefficient (Wildman–Crippen LogP) is 8.67. The van der Waals surface area contributed by atoms with Gasteiger partial charge >= 0.3 is 5.97 Å². The maximum Gasteiger partial charge on any atom is 0.303 e. The first kappa shape index (κ1) is 29.2. The van der Waals surface area contributed by atoms with Gasteiger partial charge in [0.2, 0.25) is 0 Å². The van der Waals surface area contributed by atoms with Crippen molar-refractivity contribution in [1.29, 1.82) is 0 Å². The number of thioether (sulfide) groups is 1. The smallest absolute Gasteiger partial charge is 0.303 e. The standard InChI is InChI=1S/C31H38ClNO3S/c1-30(2,21-29(34)35)17-15-28(37-18-6-16-31(3,4)36)24-8-5-7-22(19-24)9-13-26-14-11-23-10-12-25(32)20-27(23)33-26/h5,7-14,19-20,28,36H,6,15-18,21H2,1-4H3,(H,34,35)/b13-9+. The van der Waals surface area contributed by atoms with Gasteiger partial charge in [-0.05, 0) is 86.1 Å². The van der Waals surface area contributed by atoms with E-state index >= 15 is 0 Å². The highest BCUT2D eigenvalue weighted by atomic mass is 35.5. The Hall–Kier alpha value is -2.34. The molecule has 0 radical (unpaired) electrons. The summed E-state index contributed by atoms with van der Waals surface area (Å²) in [6.07, 6.45) is 7.66. The van der Waals surface area contributed by atoms with Gasteiger partial charge in [0.1, 0.15) is 0 Å². The minimum atomic E-state index is -0.754. The van der Waals surface area contributed by atoms with Crippen LogP contribution in [0, 0.1) is 5.41 Å². The molecule has 0 saturated heterocycles. The molecule has 0 aliphatic rings. The molecule has 2 aromatic carbocycles. The number of fused-ring (bicyclic) bond motifs is 1. The highest BCUT2D eigenvalue weighted by Crippen LogP contribution is 2.39. The molecule has 1 atom stereocenters. The van der Waals surface area contributed by atoms with E-state index in [1.165, 1.54) is 5.56 Å². The quantitative estimate of drug-likeness (QED) is 0.213. The third-order valence-corrected chi connectivity index (χ3v) is 8.04. The Morgan fingerprint density at radius 2 is 1.81 bits per heavy atom. The molecule has 3 aromatic rings. The third kappa shape index (κ3) is 10.1. The second kappa shape index (κ2) is 12.9. The molecule has 1 heterocycles. The van der Waals surface area contributed by atoms with Gasteiger partial charge in [0.25, 0.3) is 0 Å². The molecular weight excluding hydrogens is 502 g/mol. The lowest BCUT2D eigenvalue weighted by Gasteiger charge is -2.26. The van der Waals surface area contributed by atoms with Gasteiger partial charge in [-0.25, -0.2) is 4.98 Å². The van der Waals surface area contributed by atoms with E-state index in [9.17, 15) is 15.0 Å². The molecule has 0 amide bonds. The Labute approximate surface area is 230 Å². The normalized spacial score (nSPS) is 13.4. The van der Waals surface area contributed by atoms with Crippen LogP contribution in [0.5, 0.6) is 0 Å². The number of carboxylic acid groups (broad SMARTS) is 1. The maximum absolute atomic E-state index is 11.3. The summed E-state index contributed by atoms with van der Waals surface area (Å²) in [6, 6.07) is 18.3. The van der Waals surface area contributed by atoms with Crippen molar-refractivity contribution >= 4 is 52.4 Å². The zero-order valence-corrected chi connectivity index (χ0v) is 23.8. The average Bonchev–Trinajstić information content (AvgIpc) is 2.80. The molecule has 6 heteroatoms. The van der Waals surface area contributed by atoms with E-state index in [1.807, 2.05) is 75.9 Å². The number of aliphatic hydroxyl groups is 1. The number of hydrogen-bond acceptors (Lipinski definition) is 4. The molecule has 4 nitrogen and oxygen atoms in total. The van der Waals surface area contributed by atoms with Crippen molar-refractivity contribution < 1.29 is 15.0 Å². The Morgan fingerprint density at radius 3 is 2.54 bits per heavy atom. The summed E-state index contributed by atoms with van der Waals surface area (Å²) < 4.78 is 0. The van der Waals surface area contributed by atoms with E-state index in [-0.39, 0.29) is 17.1 Å². The molecule has 1 unspecified atom stereocenters. The first-order chi connectivity index (χ1) is 17.4. The molecule has 0 fully saturated rings. The van der Waals surface area contributed by atoms with Crippen molar-refractivity contribution in [3.8, 4) is 0 Å². The Morgan fingerprint density at radius 1 is 1.05 bits per heavy atom. The van der Waals surface area contributed by atoms with Gasteiger partial charge in [-0.15, -0.1) is 0 Å². The maximum atomic E-state index is 11.3. The molecule has 0 spiro atoms. The third-order valence-electron chi connectivity index (χ3n) is 6.37. The average molecular weight is 540 g/mol. The summed E-state index contributed by atoms with van der Waals surface area (Å²) in [4.78, 5) is 16.0. The second-order valence-electron chi connectivity index (χ2n) is 11.1. The minimum absolute atomic E-state index is 0.163. The lowest BCUT2D eigenvalue weighted by molar-refractivity contribution is -0.139. The summed E-state index contributed by atoms with van der Waals surface area (Å²) in [7, 11) is 0. The molecule has 2 N–H and O–H groups in total. The van der Waals surface area contributed by atoms with Crippen LogP contribution in [0.2, 0.25) is 5.02 Å². The summed E-state index contributed by atoms with van der Waals surface area (Å²) >= 11 is 8.03. The number of carboxylic acids is 1. The Kier molecular flexibility index (Phi) is 10.2. The molecule has 0 saturated carbocycles. The van der Waals surface area contributed by atoms with E-state index in [2.05, 4.69) is 30.3 Å². The summed E-state index contributed by atoms with van der Waals surface area (Å²) in [5.74, 6) is 0.188. The largest absolute Gasteiger partial charge is 0.481 e. The van der Waals surface area contributed by atoms with Crippen LogP contribution < -0.4 is 0 Å². The number of carbonyl (C=O) groups is 1. The van der Waals surface area contributed by atoms with Gasteiger partial charge in [0, 0.05) is 15.7 Å². The summed E-state index contributed by atoms with van der Waals surface area (Å²) in [5, 5.41) is 21.3. The van der Waals surface area contributed by atoms with Crippen molar-refractivity contribution in [3.63, 3.8) is 0 Å². The number of hydrogen-bond donors (Lipinski definition) is 2. The number of rotatable bonds is 13. The lowest BCUT2D eigenvalue weighted by atomic mass is 9.83. The summed E-state index contributed by atoms with van der Waals surface area (Å²) in [6.45, 7) is 7.75. The second-order valence-corrected chi connectivity index (χ2v) is 12.9. The van der Waals surface area contributed by atoms with Crippen LogP contribution in [0.25, 0.3) is 23.1 Å². The van der Waals surface area contributed by atoms with Crippen LogP contribution in [0.3, 0.4) is 0 Å². The first-order valence-electron chi connectivity index (χ1n) is 12.8. The van der Waals surface area contributed by atoms with Crippen molar-refractivity contribution in [1.82, 2.24) is 4.98 Å². The Balaban J connectivity index is 1.76. The monoisotopic (exact) mass is 539 g/mol. The molecule has 37 heavy (non-hydrogen) atoms. The minimum Gasteiger partial charge on any atom is -0.481 e. The van der Waals surface area contributed by atoms with Gasteiger partial charge in [-0.1, -0.05) is 67.9 Å². The van der Waals surface area contributed by atoms with Gasteiger partial charge < -0.3 is 10.2 Å². The Bertz CT molecular complexity index is 1230. The van der Waals surface area contributed by atoms with Crippen molar-refractivity contribution in [2.75, 3.05) is 5.75 Å². The highest BCUT2D eigenvalue weighted by Gasteiger charge is 2.24. The molecule has 3 rings (SSSR count). The van der Waals surface area contributed by atoms with Crippen LogP contribution in [0.1, 0.15) is 81.9 Å². The van der Waals surface area contributed by atoms with Crippen LogP contribution in [-0.4, -0.2) is 32.5 Å². The first-order valence-corrected chi connectivity index (χ1v) is 14.2. The fourth-order valence-electron chi connectivity index (χ4n) is 4.34. The zero-order valence-electron chi connectivity index (χ0n) is 22.2. The number of nitrogens with zero attached hydrogens (tertiary/aromatic N) is 1. The number of aromatic nitrogens is 1. The van der Waals surface area contributed by atoms with Gasteiger partial charge in [-0.2, -0.15) is 11.8 Å². The van der Waals surface area contributed by atoms with Gasteiger partial charge in [0.15, 0.2) is 0 Å². The van der Waals surface area contributed by atoms with Crippen molar-refractivity contribution in [2.24, 2.45) is 5.41 Å². The molecule has 198 valence electrons. The van der Waals surface area contributed by atoms with E-state index in [4.69, 9.17) is 16.6 Å². The molecular formula is C31H38ClNO3S. The molecule has 0 bridgehead atoms. The SMILES string of the molecule is CC(C)(O)CCCSC(CCC(C)(C)CC(=O)O)c1cccc(/C=C/c2ccc3ccc(Cl)cc3n2)c1. The van der Waals surface area contributed by atoms with Crippen LogP contribution in [0.4, 0.5) is 0 Å². The van der Waals surface area contributed by atoms with Gasteiger partial charge in [-0.3, -0.25) is 4.79 Å². The summed E-state index contributed by atoms with van der Waals surface area (Å²) in [5.41, 5.74) is 3.15. The number of pyridine rings is 1. The van der Waals surface area contributed by atoms with E-state index in [0.717, 1.165) is 53.6 Å². The molecule has 0 aliphatic heterocycles. The van der Waals surface area contributed by atoms with Crippen LogP contribution in [0.15, 0.2) is 54.6 Å². The van der Waals surface area contributed by atoms with E-state index in [0.29, 0.717) is 5.02 Å². The lowest BCUT2D eigenvalue weighted by Crippen LogP contribution is -2.18. The molecule has 1 aromatic heterocycles. The van der Waals surface area contributed by atoms with E-state index < -0.39 is 11.6 Å². The number of benzene rings is 2. The number of halogens is 1. The predicted molar refractivity (Wildman–Crippen MR) is 158 cm³/mol. The van der Waals surface area contributed by atoms with Crippen molar-refractivity contribution in [2.45, 2.75) is 70.7 Å². The van der Waals surface area contributed by atoms with Crippen molar-refractivity contribution in [3.05, 3.63) is 76.4 Å². The van der Waals surface area contributed by atoms with Crippen LogP contribution in [-0.2, 0) is 4.79 Å². The number of aliphatic carboxylic acids is 1. The molecule has 0 aliphatic carbocycles. The van der Waals surface area contributed by atoms with E-state index in [1.54, 1.807) is 0 Å². The fourth-order valence-corrected chi connectivity index (χ4v) is 5.73.